The molecule has 3 nitrogen and oxygen atoms in total. The van der Waals surface area contributed by atoms with Crippen molar-refractivity contribution >= 4 is 5.97 Å². The zero-order valence-electron chi connectivity index (χ0n) is 10.3. The summed E-state index contributed by atoms with van der Waals surface area (Å²) in [6.45, 7) is 3.12. The second-order valence-corrected chi connectivity index (χ2v) is 4.79. The van der Waals surface area contributed by atoms with Gasteiger partial charge in [0.25, 0.3) is 0 Å². The Hall–Kier alpha value is -0.570. The Bertz CT molecular complexity index is 206. The molecule has 0 spiro atoms. The molecule has 1 aliphatic rings. The van der Waals surface area contributed by atoms with E-state index in [1.54, 1.807) is 0 Å². The fraction of sp³-hybridized carbons (Fsp3) is 0.923. The molecule has 0 aromatic carbocycles. The Labute approximate surface area is 98.7 Å². The van der Waals surface area contributed by atoms with Crippen molar-refractivity contribution < 1.29 is 9.53 Å². The molecule has 0 aromatic heterocycles. The molecular formula is C13H24NO2. The SMILES string of the molecule is CCCOC(=O)C1CCC(CCCC[NH])C1. The molecule has 93 valence electrons. The second kappa shape index (κ2) is 7.66. The quantitative estimate of drug-likeness (QED) is 0.495. The minimum Gasteiger partial charge on any atom is -0.465 e. The van der Waals surface area contributed by atoms with Crippen LogP contribution in [0.3, 0.4) is 0 Å². The van der Waals surface area contributed by atoms with Gasteiger partial charge in [-0.05, 0) is 38.0 Å². The predicted octanol–water partition coefficient (Wildman–Crippen LogP) is 2.81. The van der Waals surface area contributed by atoms with Gasteiger partial charge in [-0.15, -0.1) is 0 Å². The number of carbonyl (C=O) groups is 1. The molecule has 1 fully saturated rings. The number of nitrogens with one attached hydrogen (secondary N) is 1. The van der Waals surface area contributed by atoms with Gasteiger partial charge in [-0.3, -0.25) is 10.5 Å². The third kappa shape index (κ3) is 4.52. The van der Waals surface area contributed by atoms with E-state index in [4.69, 9.17) is 10.5 Å². The summed E-state index contributed by atoms with van der Waals surface area (Å²) in [7, 11) is 0. The van der Waals surface area contributed by atoms with E-state index < -0.39 is 0 Å². The highest BCUT2D eigenvalue weighted by Crippen LogP contribution is 2.34. The average molecular weight is 226 g/mol. The molecule has 3 heteroatoms. The topological polar surface area (TPSA) is 50.1 Å². The second-order valence-electron chi connectivity index (χ2n) is 4.79. The molecule has 0 aliphatic heterocycles. The Morgan fingerprint density at radius 3 is 2.88 bits per heavy atom. The molecule has 2 atom stereocenters. The fourth-order valence-corrected chi connectivity index (χ4v) is 2.43. The van der Waals surface area contributed by atoms with E-state index in [0.29, 0.717) is 19.1 Å². The number of carbonyl (C=O) groups excluding carboxylic acids is 1. The maximum atomic E-state index is 11.6. The number of esters is 1. The zero-order valence-corrected chi connectivity index (χ0v) is 10.3. The fourth-order valence-electron chi connectivity index (χ4n) is 2.43. The van der Waals surface area contributed by atoms with E-state index in [1.165, 1.54) is 12.8 Å². The Balaban J connectivity index is 2.16. The van der Waals surface area contributed by atoms with Crippen molar-refractivity contribution in [2.75, 3.05) is 13.2 Å². The number of unbranched alkanes of at least 4 members (excludes halogenated alkanes) is 1. The average Bonchev–Trinajstić information content (AvgIpc) is 2.75. The number of rotatable bonds is 7. The summed E-state index contributed by atoms with van der Waals surface area (Å²) in [5, 5.41) is 0. The van der Waals surface area contributed by atoms with E-state index in [0.717, 1.165) is 32.1 Å². The van der Waals surface area contributed by atoms with Gasteiger partial charge in [0.1, 0.15) is 0 Å². The molecule has 1 saturated carbocycles. The molecular weight excluding hydrogens is 202 g/mol. The Morgan fingerprint density at radius 2 is 2.19 bits per heavy atom. The Kier molecular flexibility index (Phi) is 6.46. The van der Waals surface area contributed by atoms with Gasteiger partial charge >= 0.3 is 5.97 Å². The highest BCUT2D eigenvalue weighted by molar-refractivity contribution is 5.72. The van der Waals surface area contributed by atoms with E-state index in [9.17, 15) is 4.79 Å². The maximum absolute atomic E-state index is 11.6. The first-order valence-corrected chi connectivity index (χ1v) is 6.59. The van der Waals surface area contributed by atoms with E-state index >= 15 is 0 Å². The van der Waals surface area contributed by atoms with Gasteiger partial charge in [-0.25, -0.2) is 0 Å². The summed E-state index contributed by atoms with van der Waals surface area (Å²) in [5.74, 6) is 0.878. The summed E-state index contributed by atoms with van der Waals surface area (Å²) in [6, 6.07) is 0. The predicted molar refractivity (Wildman–Crippen MR) is 63.9 cm³/mol. The molecule has 0 bridgehead atoms. The van der Waals surface area contributed by atoms with Crippen LogP contribution in [0.1, 0.15) is 51.9 Å². The van der Waals surface area contributed by atoms with Crippen molar-refractivity contribution in [1.82, 2.24) is 5.73 Å². The smallest absolute Gasteiger partial charge is 0.308 e. The summed E-state index contributed by atoms with van der Waals surface area (Å²) >= 11 is 0. The molecule has 1 radical (unpaired) electrons. The minimum atomic E-state index is 0.0184. The van der Waals surface area contributed by atoms with Crippen LogP contribution in [0.25, 0.3) is 0 Å². The molecule has 1 rings (SSSR count). The minimum absolute atomic E-state index is 0.0184. The molecule has 16 heavy (non-hydrogen) atoms. The van der Waals surface area contributed by atoms with E-state index in [-0.39, 0.29) is 11.9 Å². The lowest BCUT2D eigenvalue weighted by molar-refractivity contribution is -0.148. The van der Waals surface area contributed by atoms with Crippen LogP contribution in [-0.4, -0.2) is 19.1 Å². The molecule has 0 aromatic rings. The van der Waals surface area contributed by atoms with Gasteiger partial charge in [0.15, 0.2) is 0 Å². The largest absolute Gasteiger partial charge is 0.465 e. The molecule has 0 heterocycles. The van der Waals surface area contributed by atoms with Crippen molar-refractivity contribution in [2.45, 2.75) is 51.9 Å². The molecule has 1 N–H and O–H groups in total. The first-order chi connectivity index (χ1) is 7.77. The van der Waals surface area contributed by atoms with Crippen molar-refractivity contribution in [3.8, 4) is 0 Å². The number of hydrogen-bond acceptors (Lipinski definition) is 2. The van der Waals surface area contributed by atoms with Crippen LogP contribution in [0, 0.1) is 11.8 Å². The van der Waals surface area contributed by atoms with Crippen molar-refractivity contribution in [1.29, 1.82) is 0 Å². The first-order valence-electron chi connectivity index (χ1n) is 6.59. The van der Waals surface area contributed by atoms with E-state index in [1.807, 2.05) is 6.92 Å². The lowest BCUT2D eigenvalue weighted by Crippen LogP contribution is -2.15. The third-order valence-electron chi connectivity index (χ3n) is 3.36. The summed E-state index contributed by atoms with van der Waals surface area (Å²) in [5.41, 5.74) is 7.09. The number of ether oxygens (including phenoxy) is 1. The highest BCUT2D eigenvalue weighted by atomic mass is 16.5. The van der Waals surface area contributed by atoms with Gasteiger partial charge in [-0.1, -0.05) is 19.8 Å². The van der Waals surface area contributed by atoms with Crippen LogP contribution in [0.2, 0.25) is 0 Å². The van der Waals surface area contributed by atoms with Gasteiger partial charge < -0.3 is 4.74 Å². The van der Waals surface area contributed by atoms with E-state index in [2.05, 4.69) is 0 Å². The summed E-state index contributed by atoms with van der Waals surface area (Å²) < 4.78 is 5.18. The van der Waals surface area contributed by atoms with Gasteiger partial charge in [0, 0.05) is 6.54 Å². The lowest BCUT2D eigenvalue weighted by atomic mass is 9.99. The van der Waals surface area contributed by atoms with Crippen LogP contribution < -0.4 is 5.73 Å². The zero-order chi connectivity index (χ0) is 11.8. The van der Waals surface area contributed by atoms with Crippen LogP contribution in [0.5, 0.6) is 0 Å². The van der Waals surface area contributed by atoms with Gasteiger partial charge in [-0.2, -0.15) is 0 Å². The van der Waals surface area contributed by atoms with Gasteiger partial charge in [0.05, 0.1) is 12.5 Å². The highest BCUT2D eigenvalue weighted by Gasteiger charge is 2.30. The standard InChI is InChI=1S/C13H24NO2/c1-2-9-16-13(15)12-7-6-11(10-12)5-3-4-8-14/h11-12,14H,2-10H2,1H3. The summed E-state index contributed by atoms with van der Waals surface area (Å²) in [6.07, 6.45) is 7.44. The van der Waals surface area contributed by atoms with Crippen LogP contribution in [0.15, 0.2) is 0 Å². The van der Waals surface area contributed by atoms with Gasteiger partial charge in [0.2, 0.25) is 0 Å². The van der Waals surface area contributed by atoms with Crippen LogP contribution in [-0.2, 0) is 9.53 Å². The number of hydrogen-bond donors (Lipinski definition) is 0. The third-order valence-corrected chi connectivity index (χ3v) is 3.36. The maximum Gasteiger partial charge on any atom is 0.308 e. The monoisotopic (exact) mass is 226 g/mol. The van der Waals surface area contributed by atoms with Crippen molar-refractivity contribution in [3.05, 3.63) is 0 Å². The Morgan fingerprint density at radius 1 is 1.38 bits per heavy atom. The summed E-state index contributed by atoms with van der Waals surface area (Å²) in [4.78, 5) is 11.6. The lowest BCUT2D eigenvalue weighted by Gasteiger charge is -2.10. The normalized spacial score (nSPS) is 24.6. The van der Waals surface area contributed by atoms with Crippen LogP contribution in [0.4, 0.5) is 0 Å². The molecule has 0 amide bonds. The molecule has 0 saturated heterocycles. The molecule has 1 aliphatic carbocycles. The van der Waals surface area contributed by atoms with Crippen molar-refractivity contribution in [3.63, 3.8) is 0 Å². The molecule has 2 unspecified atom stereocenters. The van der Waals surface area contributed by atoms with Crippen molar-refractivity contribution in [2.24, 2.45) is 11.8 Å². The first kappa shape index (κ1) is 13.5. The van der Waals surface area contributed by atoms with Crippen LogP contribution >= 0.6 is 0 Å².